The Balaban J connectivity index is 4.79. The van der Waals surface area contributed by atoms with E-state index in [4.69, 9.17) is 31.2 Å². The first-order chi connectivity index (χ1) is 6.57. The average molecular weight is 238 g/mol. The summed E-state index contributed by atoms with van der Waals surface area (Å²) in [6, 6.07) is 0. The van der Waals surface area contributed by atoms with E-state index in [2.05, 4.69) is 0 Å². The first-order valence-electron chi connectivity index (χ1n) is 4.30. The molecule has 0 rings (SSSR count). The Morgan fingerprint density at radius 1 is 1.29 bits per heavy atom. The van der Waals surface area contributed by atoms with Crippen molar-refractivity contribution in [2.45, 2.75) is 13.3 Å². The van der Waals surface area contributed by atoms with Crippen molar-refractivity contribution in [2.24, 2.45) is 5.73 Å². The molecule has 0 aliphatic heterocycles. The molecule has 0 aromatic carbocycles. The fraction of sp³-hybridized carbons (Fsp3) is 0.857. The second kappa shape index (κ2) is 6.30. The van der Waals surface area contributed by atoms with Crippen LogP contribution in [0.4, 0.5) is 0 Å². The molecule has 0 amide bonds. The monoisotopic (exact) mass is 238 g/mol. The van der Waals surface area contributed by atoms with Crippen LogP contribution in [0.3, 0.4) is 0 Å². The summed E-state index contributed by atoms with van der Waals surface area (Å²) in [6.45, 7) is 2.68. The van der Waals surface area contributed by atoms with Crippen molar-refractivity contribution in [3.8, 4) is 0 Å². The Morgan fingerprint density at radius 2 is 1.71 bits per heavy atom. The lowest BCUT2D eigenvalue weighted by atomic mass is 10.5. The SMILES string of the molecule is CCCN(C(N)=S)[Si](OC)(OC)OC. The molecule has 0 radical (unpaired) electrons. The van der Waals surface area contributed by atoms with E-state index in [1.54, 1.807) is 4.57 Å². The number of thiocarbonyl (C=S) groups is 1. The second-order valence-corrected chi connectivity index (χ2v) is 5.86. The van der Waals surface area contributed by atoms with Gasteiger partial charge in [-0.2, -0.15) is 0 Å². The van der Waals surface area contributed by atoms with Crippen molar-refractivity contribution in [2.75, 3.05) is 27.9 Å². The summed E-state index contributed by atoms with van der Waals surface area (Å²) in [5, 5.41) is 0.240. The van der Waals surface area contributed by atoms with Gasteiger partial charge in [0.2, 0.25) is 0 Å². The van der Waals surface area contributed by atoms with E-state index in [1.165, 1.54) is 21.3 Å². The molecule has 0 spiro atoms. The normalized spacial score (nSPS) is 11.4. The highest BCUT2D eigenvalue weighted by Crippen LogP contribution is 2.13. The molecule has 0 aliphatic carbocycles. The van der Waals surface area contributed by atoms with Gasteiger partial charge in [-0.25, -0.2) is 0 Å². The van der Waals surface area contributed by atoms with Crippen LogP contribution >= 0.6 is 12.2 Å². The standard InChI is InChI=1S/C7H18N2O3SSi/c1-5-6-9(7(8)13)14(10-2,11-3)12-4/h5-6H2,1-4H3,(H2,8,13). The van der Waals surface area contributed by atoms with E-state index in [0.717, 1.165) is 6.42 Å². The number of nitrogens with two attached hydrogens (primary N) is 1. The lowest BCUT2D eigenvalue weighted by Crippen LogP contribution is -2.63. The smallest absolute Gasteiger partial charge is 0.377 e. The van der Waals surface area contributed by atoms with Crippen LogP contribution in [0.1, 0.15) is 13.3 Å². The fourth-order valence-electron chi connectivity index (χ4n) is 1.19. The summed E-state index contributed by atoms with van der Waals surface area (Å²) in [6.07, 6.45) is 0.891. The molecule has 0 fully saturated rings. The van der Waals surface area contributed by atoms with E-state index >= 15 is 0 Å². The van der Waals surface area contributed by atoms with E-state index in [-0.39, 0.29) is 5.11 Å². The molecule has 0 bridgehead atoms. The van der Waals surface area contributed by atoms with E-state index in [0.29, 0.717) is 6.54 Å². The molecule has 84 valence electrons. The molecule has 0 atom stereocenters. The summed E-state index contributed by atoms with van der Waals surface area (Å²) < 4.78 is 17.5. The second-order valence-electron chi connectivity index (χ2n) is 2.63. The van der Waals surface area contributed by atoms with Crippen LogP contribution in [0.15, 0.2) is 0 Å². The third-order valence-electron chi connectivity index (χ3n) is 1.82. The van der Waals surface area contributed by atoms with Gasteiger partial charge in [-0.1, -0.05) is 6.92 Å². The quantitative estimate of drug-likeness (QED) is 0.531. The van der Waals surface area contributed by atoms with E-state index in [1.807, 2.05) is 6.92 Å². The minimum absolute atomic E-state index is 0.240. The largest absolute Gasteiger partial charge is 0.634 e. The van der Waals surface area contributed by atoms with Crippen LogP contribution in [0.25, 0.3) is 0 Å². The molecule has 0 unspecified atom stereocenters. The van der Waals surface area contributed by atoms with E-state index in [9.17, 15) is 0 Å². The Kier molecular flexibility index (Phi) is 6.21. The molecule has 7 heteroatoms. The Bertz CT molecular complexity index is 182. The molecule has 0 aromatic rings. The van der Waals surface area contributed by atoms with Crippen molar-refractivity contribution in [3.63, 3.8) is 0 Å². The van der Waals surface area contributed by atoms with Crippen molar-refractivity contribution in [1.29, 1.82) is 0 Å². The zero-order valence-electron chi connectivity index (χ0n) is 9.07. The van der Waals surface area contributed by atoms with Crippen molar-refractivity contribution >= 4 is 26.3 Å². The first kappa shape index (κ1) is 13.8. The minimum Gasteiger partial charge on any atom is -0.377 e. The fourth-order valence-corrected chi connectivity index (χ4v) is 3.54. The van der Waals surface area contributed by atoms with Gasteiger partial charge in [-0.15, -0.1) is 0 Å². The molecular formula is C7H18N2O3SSi. The van der Waals surface area contributed by atoms with Gasteiger partial charge in [0.1, 0.15) is 0 Å². The van der Waals surface area contributed by atoms with Crippen LogP contribution in [0, 0.1) is 0 Å². The third kappa shape index (κ3) is 2.89. The zero-order chi connectivity index (χ0) is 11.2. The van der Waals surface area contributed by atoms with Crippen LogP contribution in [-0.2, 0) is 13.3 Å². The Morgan fingerprint density at radius 3 is 1.93 bits per heavy atom. The lowest BCUT2D eigenvalue weighted by Gasteiger charge is -2.35. The lowest BCUT2D eigenvalue weighted by molar-refractivity contribution is 0.0800. The number of hydrogen-bond donors (Lipinski definition) is 1. The van der Waals surface area contributed by atoms with Crippen LogP contribution in [0.2, 0.25) is 0 Å². The van der Waals surface area contributed by atoms with Crippen LogP contribution in [-0.4, -0.2) is 46.5 Å². The number of nitrogens with zero attached hydrogens (tertiary/aromatic N) is 1. The number of rotatable bonds is 6. The first-order valence-corrected chi connectivity index (χ1v) is 6.38. The van der Waals surface area contributed by atoms with Gasteiger partial charge in [-0.05, 0) is 18.6 Å². The van der Waals surface area contributed by atoms with Gasteiger partial charge in [0.05, 0.1) is 0 Å². The molecule has 0 saturated heterocycles. The van der Waals surface area contributed by atoms with Gasteiger partial charge < -0.3 is 23.6 Å². The van der Waals surface area contributed by atoms with E-state index < -0.39 is 8.97 Å². The highest BCUT2D eigenvalue weighted by Gasteiger charge is 2.47. The average Bonchev–Trinajstić information content (AvgIpc) is 2.19. The molecule has 0 aromatic heterocycles. The molecule has 14 heavy (non-hydrogen) atoms. The Hall–Kier alpha value is -0.213. The maximum Gasteiger partial charge on any atom is 0.634 e. The van der Waals surface area contributed by atoms with Crippen molar-refractivity contribution < 1.29 is 13.3 Å². The molecule has 0 heterocycles. The van der Waals surface area contributed by atoms with Crippen molar-refractivity contribution in [3.05, 3.63) is 0 Å². The Labute approximate surface area is 91.6 Å². The third-order valence-corrected chi connectivity index (χ3v) is 4.87. The molecule has 0 aliphatic rings. The molecular weight excluding hydrogens is 220 g/mol. The predicted molar refractivity (Wildman–Crippen MR) is 60.6 cm³/mol. The summed E-state index contributed by atoms with van der Waals surface area (Å²) in [5.74, 6) is 0. The van der Waals surface area contributed by atoms with Gasteiger partial charge >= 0.3 is 8.97 Å². The van der Waals surface area contributed by atoms with Gasteiger partial charge in [-0.3, -0.25) is 0 Å². The van der Waals surface area contributed by atoms with Gasteiger partial charge in [0.15, 0.2) is 5.11 Å². The molecule has 5 nitrogen and oxygen atoms in total. The summed E-state index contributed by atoms with van der Waals surface area (Å²) in [5.41, 5.74) is 5.59. The maximum atomic E-state index is 5.59. The topological polar surface area (TPSA) is 57.0 Å². The minimum atomic E-state index is -2.86. The predicted octanol–water partition coefficient (Wildman–Crippen LogP) is 0.317. The number of hydrogen-bond acceptors (Lipinski definition) is 4. The summed E-state index contributed by atoms with van der Waals surface area (Å²) >= 11 is 4.93. The summed E-state index contributed by atoms with van der Waals surface area (Å²) in [7, 11) is 1.72. The highest BCUT2D eigenvalue weighted by atomic mass is 32.1. The van der Waals surface area contributed by atoms with Crippen LogP contribution < -0.4 is 5.73 Å². The highest BCUT2D eigenvalue weighted by molar-refractivity contribution is 7.80. The summed E-state index contributed by atoms with van der Waals surface area (Å²) in [4.78, 5) is 0. The zero-order valence-corrected chi connectivity index (χ0v) is 10.9. The maximum absolute atomic E-state index is 5.59. The van der Waals surface area contributed by atoms with Gasteiger partial charge in [0.25, 0.3) is 0 Å². The molecule has 2 N–H and O–H groups in total. The van der Waals surface area contributed by atoms with Crippen molar-refractivity contribution in [1.82, 2.24) is 4.57 Å². The molecule has 0 saturated carbocycles. The van der Waals surface area contributed by atoms with Crippen LogP contribution in [0.5, 0.6) is 0 Å². The van der Waals surface area contributed by atoms with Gasteiger partial charge in [0, 0.05) is 27.9 Å².